The number of ether oxygens (including phenoxy) is 2. The number of rotatable bonds is 19. The van der Waals surface area contributed by atoms with Crippen molar-refractivity contribution >= 4 is 23.6 Å². The maximum absolute atomic E-state index is 14.1. The molecule has 0 spiro atoms. The maximum Gasteiger partial charge on any atom is 0.242 e. The zero-order valence-corrected chi connectivity index (χ0v) is 32.7. The van der Waals surface area contributed by atoms with Crippen LogP contribution in [-0.2, 0) is 35.1 Å². The van der Waals surface area contributed by atoms with E-state index in [2.05, 4.69) is 34.7 Å². The first-order valence-corrected chi connectivity index (χ1v) is 19.0. The minimum atomic E-state index is -0.567. The normalized spacial score (nSPS) is 20.9. The van der Waals surface area contributed by atoms with Crippen LogP contribution in [0, 0.1) is 17.8 Å². The van der Waals surface area contributed by atoms with Gasteiger partial charge in [0.2, 0.25) is 23.6 Å². The van der Waals surface area contributed by atoms with Gasteiger partial charge >= 0.3 is 0 Å². The molecular weight excluding hydrogens is 648 g/mol. The quantitative estimate of drug-likeness (QED) is 0.200. The first-order chi connectivity index (χ1) is 24.3. The molecule has 12 heteroatoms. The van der Waals surface area contributed by atoms with Crippen molar-refractivity contribution in [2.45, 2.75) is 110 Å². The second-order valence-electron chi connectivity index (χ2n) is 14.9. The van der Waals surface area contributed by atoms with Crippen LogP contribution in [0.2, 0.25) is 0 Å². The molecule has 8 atom stereocenters. The zero-order valence-electron chi connectivity index (χ0n) is 32.7. The van der Waals surface area contributed by atoms with E-state index >= 15 is 0 Å². The second-order valence-corrected chi connectivity index (χ2v) is 14.9. The molecule has 2 heterocycles. The molecule has 1 aromatic carbocycles. The Labute approximate surface area is 306 Å². The average molecular weight is 715 g/mol. The maximum atomic E-state index is 14.1. The van der Waals surface area contributed by atoms with Gasteiger partial charge < -0.3 is 35.2 Å². The molecular formula is C39H66N6O6. The lowest BCUT2D eigenvalue weighted by molar-refractivity contribution is -0.146. The monoisotopic (exact) mass is 715 g/mol. The van der Waals surface area contributed by atoms with Gasteiger partial charge in [-0.15, -0.1) is 0 Å². The fourth-order valence-corrected chi connectivity index (χ4v) is 7.96. The first kappa shape index (κ1) is 42.4. The highest BCUT2D eigenvalue weighted by atomic mass is 16.5. The van der Waals surface area contributed by atoms with Crippen molar-refractivity contribution in [1.29, 1.82) is 0 Å². The lowest BCUT2D eigenvalue weighted by Gasteiger charge is -2.39. The van der Waals surface area contributed by atoms with Crippen LogP contribution in [0.1, 0.15) is 72.8 Å². The SMILES string of the molecule is CCC(C)C(C(CC(=O)N1CCCC1C(OC)C(C)C(=O)NC(C)Cc1ccccc1)OC)N(C)C(=O)CNC(=O)C(C(C)C)N1CCNCC1. The van der Waals surface area contributed by atoms with Crippen molar-refractivity contribution in [2.75, 3.05) is 60.5 Å². The number of methoxy groups -OCH3 is 2. The number of carbonyl (C=O) groups excluding carboxylic acids is 4. The van der Waals surface area contributed by atoms with Crippen molar-refractivity contribution < 1.29 is 28.7 Å². The van der Waals surface area contributed by atoms with Crippen LogP contribution in [0.3, 0.4) is 0 Å². The van der Waals surface area contributed by atoms with Crippen LogP contribution < -0.4 is 16.0 Å². The number of amides is 4. The topological polar surface area (TPSA) is 133 Å². The van der Waals surface area contributed by atoms with Crippen molar-refractivity contribution in [1.82, 2.24) is 30.7 Å². The van der Waals surface area contributed by atoms with Crippen LogP contribution in [0.5, 0.6) is 0 Å². The van der Waals surface area contributed by atoms with Gasteiger partial charge in [-0.05, 0) is 43.6 Å². The summed E-state index contributed by atoms with van der Waals surface area (Å²) in [5.41, 5.74) is 1.15. The van der Waals surface area contributed by atoms with Crippen LogP contribution in [0.4, 0.5) is 0 Å². The summed E-state index contributed by atoms with van der Waals surface area (Å²) in [4.78, 5) is 60.1. The van der Waals surface area contributed by atoms with Crippen LogP contribution in [0.25, 0.3) is 0 Å². The molecule has 0 radical (unpaired) electrons. The zero-order chi connectivity index (χ0) is 37.7. The molecule has 3 rings (SSSR count). The third kappa shape index (κ3) is 11.7. The fraction of sp³-hybridized carbons (Fsp3) is 0.744. The number of carbonyl (C=O) groups is 4. The van der Waals surface area contributed by atoms with Gasteiger partial charge in [-0.3, -0.25) is 24.1 Å². The Morgan fingerprint density at radius 2 is 1.63 bits per heavy atom. The minimum absolute atomic E-state index is 0.0272. The number of benzene rings is 1. The lowest BCUT2D eigenvalue weighted by Crippen LogP contribution is -2.57. The smallest absolute Gasteiger partial charge is 0.242 e. The standard InChI is InChI=1S/C39H66N6O6/c1-10-27(4)36(43(7)34(47)25-41-39(49)35(26(2)3)44-21-18-40-19-22-44)32(50-8)24-33(46)45-20-14-17-31(45)37(51-9)29(6)38(48)42-28(5)23-30-15-12-11-13-16-30/h11-13,15-16,26-29,31-32,35-37,40H,10,14,17-25H2,1-9H3,(H,41,49)(H,42,48). The number of piperazine rings is 1. The predicted octanol–water partition coefficient (Wildman–Crippen LogP) is 2.70. The molecule has 0 aromatic heterocycles. The van der Waals surface area contributed by atoms with Gasteiger partial charge in [0.15, 0.2) is 0 Å². The summed E-state index contributed by atoms with van der Waals surface area (Å²) in [6.45, 7) is 15.7. The van der Waals surface area contributed by atoms with Crippen molar-refractivity contribution in [2.24, 2.45) is 17.8 Å². The minimum Gasteiger partial charge on any atom is -0.379 e. The van der Waals surface area contributed by atoms with E-state index in [1.807, 2.05) is 62.9 Å². The molecule has 1 aromatic rings. The highest BCUT2D eigenvalue weighted by molar-refractivity contribution is 5.88. The molecule has 4 amide bonds. The summed E-state index contributed by atoms with van der Waals surface area (Å²) < 4.78 is 11.9. The number of nitrogens with one attached hydrogen (secondary N) is 3. The van der Waals surface area contributed by atoms with E-state index in [-0.39, 0.29) is 66.6 Å². The van der Waals surface area contributed by atoms with E-state index in [4.69, 9.17) is 9.47 Å². The van der Waals surface area contributed by atoms with Gasteiger partial charge in [0, 0.05) is 60.0 Å². The van der Waals surface area contributed by atoms with Crippen molar-refractivity contribution in [3.8, 4) is 0 Å². The highest BCUT2D eigenvalue weighted by Gasteiger charge is 2.42. The van der Waals surface area contributed by atoms with Gasteiger partial charge in [-0.1, -0.05) is 71.4 Å². The number of nitrogens with zero attached hydrogens (tertiary/aromatic N) is 3. The third-order valence-electron chi connectivity index (χ3n) is 10.9. The van der Waals surface area contributed by atoms with Crippen molar-refractivity contribution in [3.05, 3.63) is 35.9 Å². The summed E-state index contributed by atoms with van der Waals surface area (Å²) in [5.74, 6) is -0.914. The molecule has 2 saturated heterocycles. The van der Waals surface area contributed by atoms with Crippen LogP contribution in [-0.4, -0.2) is 135 Å². The summed E-state index contributed by atoms with van der Waals surface area (Å²) in [5, 5.41) is 9.38. The Kier molecular flexibility index (Phi) is 17.3. The van der Waals surface area contributed by atoms with E-state index in [0.29, 0.717) is 6.54 Å². The largest absolute Gasteiger partial charge is 0.379 e. The molecule has 288 valence electrons. The number of hydrogen-bond acceptors (Lipinski definition) is 8. The Morgan fingerprint density at radius 3 is 2.22 bits per heavy atom. The molecule has 8 unspecified atom stereocenters. The Hall–Kier alpha value is -3.06. The summed E-state index contributed by atoms with van der Waals surface area (Å²) >= 11 is 0. The van der Waals surface area contributed by atoms with Crippen LogP contribution >= 0.6 is 0 Å². The molecule has 12 nitrogen and oxygen atoms in total. The van der Waals surface area contributed by atoms with E-state index in [9.17, 15) is 19.2 Å². The molecule has 0 saturated carbocycles. The highest BCUT2D eigenvalue weighted by Crippen LogP contribution is 2.29. The van der Waals surface area contributed by atoms with E-state index < -0.39 is 24.2 Å². The molecule has 2 aliphatic heterocycles. The average Bonchev–Trinajstić information content (AvgIpc) is 3.60. The molecule has 51 heavy (non-hydrogen) atoms. The Morgan fingerprint density at radius 1 is 0.961 bits per heavy atom. The van der Waals surface area contributed by atoms with Crippen molar-refractivity contribution in [3.63, 3.8) is 0 Å². The summed E-state index contributed by atoms with van der Waals surface area (Å²) in [6.07, 6.45) is 2.07. The molecule has 0 aliphatic carbocycles. The van der Waals surface area contributed by atoms with Gasteiger partial charge in [0.25, 0.3) is 0 Å². The van der Waals surface area contributed by atoms with E-state index in [0.717, 1.165) is 57.4 Å². The molecule has 0 bridgehead atoms. The first-order valence-electron chi connectivity index (χ1n) is 19.0. The van der Waals surface area contributed by atoms with Gasteiger partial charge in [-0.25, -0.2) is 0 Å². The van der Waals surface area contributed by atoms with Crippen LogP contribution in [0.15, 0.2) is 30.3 Å². The third-order valence-corrected chi connectivity index (χ3v) is 10.9. The van der Waals surface area contributed by atoms with E-state index in [1.165, 1.54) is 0 Å². The fourth-order valence-electron chi connectivity index (χ4n) is 7.96. The van der Waals surface area contributed by atoms with E-state index in [1.54, 1.807) is 26.2 Å². The number of hydrogen-bond donors (Lipinski definition) is 3. The molecule has 2 aliphatic rings. The van der Waals surface area contributed by atoms with Gasteiger partial charge in [0.1, 0.15) is 0 Å². The Bertz CT molecular complexity index is 1240. The lowest BCUT2D eigenvalue weighted by atomic mass is 9.90. The molecule has 3 N–H and O–H groups in total. The number of likely N-dealkylation sites (tertiary alicyclic amines) is 1. The summed E-state index contributed by atoms with van der Waals surface area (Å²) in [7, 11) is 4.92. The summed E-state index contributed by atoms with van der Waals surface area (Å²) in [6, 6.07) is 9.04. The number of likely N-dealkylation sites (N-methyl/N-ethyl adjacent to an activating group) is 1. The second kappa shape index (κ2) is 20.8. The molecule has 2 fully saturated rings. The van der Waals surface area contributed by atoms with Gasteiger partial charge in [-0.2, -0.15) is 0 Å². The van der Waals surface area contributed by atoms with Gasteiger partial charge in [0.05, 0.1) is 49.2 Å². The Balaban J connectivity index is 1.66. The predicted molar refractivity (Wildman–Crippen MR) is 200 cm³/mol.